The number of benzene rings is 1. The van der Waals surface area contributed by atoms with Crippen LogP contribution < -0.4 is 10.1 Å². The van der Waals surface area contributed by atoms with Crippen molar-refractivity contribution in [1.29, 1.82) is 0 Å². The summed E-state index contributed by atoms with van der Waals surface area (Å²) in [7, 11) is -3.11. The Morgan fingerprint density at radius 3 is 2.39 bits per heavy atom. The van der Waals surface area contributed by atoms with Crippen molar-refractivity contribution in [2.75, 3.05) is 12.8 Å². The van der Waals surface area contributed by atoms with E-state index < -0.39 is 46.7 Å². The molecule has 2 aliphatic rings. The molecular weight excluding hydrogens is 590 g/mol. The number of carbonyl (C=O) groups is 1. The highest BCUT2D eigenvalue weighted by molar-refractivity contribution is 7.91. The topological polar surface area (TPSA) is 111 Å². The Morgan fingerprint density at radius 1 is 1.20 bits per heavy atom. The van der Waals surface area contributed by atoms with Crippen LogP contribution in [0.5, 0.6) is 5.75 Å². The number of carbonyl (C=O) groups excluding carboxylic acids is 1. The molecule has 41 heavy (non-hydrogen) atoms. The van der Waals surface area contributed by atoms with E-state index >= 15 is 0 Å². The second-order valence-corrected chi connectivity index (χ2v) is 13.7. The fourth-order valence-corrected chi connectivity index (χ4v) is 7.13. The zero-order valence-electron chi connectivity index (χ0n) is 22.8. The van der Waals surface area contributed by atoms with Gasteiger partial charge >= 0.3 is 6.61 Å². The van der Waals surface area contributed by atoms with Crippen molar-refractivity contribution in [3.05, 3.63) is 34.5 Å². The molecule has 1 heterocycles. The maximum absolute atomic E-state index is 13.7. The third kappa shape index (κ3) is 7.16. The average Bonchev–Trinajstić information content (AvgIpc) is 3.24. The minimum atomic E-state index is -3.23. The lowest BCUT2D eigenvalue weighted by molar-refractivity contribution is -0.107. The van der Waals surface area contributed by atoms with E-state index in [1.54, 1.807) is 6.92 Å². The van der Waals surface area contributed by atoms with E-state index in [9.17, 15) is 35.9 Å². The molecule has 1 aromatic heterocycles. The van der Waals surface area contributed by atoms with Crippen LogP contribution in [0.2, 0.25) is 5.02 Å². The minimum absolute atomic E-state index is 0.0898. The summed E-state index contributed by atoms with van der Waals surface area (Å²) < 4.78 is 84.0. The van der Waals surface area contributed by atoms with Gasteiger partial charge in [-0.05, 0) is 69.1 Å². The van der Waals surface area contributed by atoms with E-state index in [0.717, 1.165) is 0 Å². The van der Waals surface area contributed by atoms with Crippen molar-refractivity contribution >= 4 is 27.3 Å². The van der Waals surface area contributed by atoms with Gasteiger partial charge in [-0.1, -0.05) is 17.7 Å². The molecule has 2 fully saturated rings. The third-order valence-electron chi connectivity index (χ3n) is 8.16. The fourth-order valence-electron chi connectivity index (χ4n) is 5.68. The van der Waals surface area contributed by atoms with Crippen LogP contribution >= 0.6 is 11.6 Å². The first-order valence-electron chi connectivity index (χ1n) is 13.6. The van der Waals surface area contributed by atoms with Gasteiger partial charge in [0.1, 0.15) is 15.6 Å². The van der Waals surface area contributed by atoms with Gasteiger partial charge in [0, 0.05) is 37.8 Å². The van der Waals surface area contributed by atoms with Crippen molar-refractivity contribution in [2.45, 2.75) is 88.2 Å². The molecule has 2 aromatic rings. The quantitative estimate of drug-likeness (QED) is 0.354. The number of sulfone groups is 1. The van der Waals surface area contributed by atoms with Crippen LogP contribution in [0.1, 0.15) is 74.3 Å². The molecule has 8 nitrogen and oxygen atoms in total. The SMILES string of the molecule is CCn1nc(C(=O)NCC2CCC(S(C)(=O)=O)CC2)c(Cl)c1-c1ccc(C2(O)CCC(F)(F)CC2)cc1OC(F)F. The zero-order valence-corrected chi connectivity index (χ0v) is 24.4. The number of nitrogens with zero attached hydrogens (tertiary/aromatic N) is 2. The highest BCUT2D eigenvalue weighted by atomic mass is 35.5. The van der Waals surface area contributed by atoms with Crippen LogP contribution in [-0.4, -0.2) is 59.8 Å². The van der Waals surface area contributed by atoms with Gasteiger partial charge in [-0.3, -0.25) is 9.48 Å². The molecule has 0 spiro atoms. The minimum Gasteiger partial charge on any atom is -0.434 e. The summed E-state index contributed by atoms with van der Waals surface area (Å²) in [6.07, 6.45) is 1.99. The molecule has 2 aliphatic carbocycles. The predicted octanol–water partition coefficient (Wildman–Crippen LogP) is 5.55. The number of aliphatic hydroxyl groups is 1. The number of amides is 1. The molecule has 0 atom stereocenters. The highest BCUT2D eigenvalue weighted by Crippen LogP contribution is 2.46. The second kappa shape index (κ2) is 12.1. The monoisotopic (exact) mass is 623 g/mol. The third-order valence-corrected chi connectivity index (χ3v) is 10.2. The number of hydrogen-bond donors (Lipinski definition) is 2. The molecular formula is C27H34ClF4N3O5S. The van der Waals surface area contributed by atoms with Gasteiger partial charge < -0.3 is 15.2 Å². The van der Waals surface area contributed by atoms with Crippen molar-refractivity contribution in [2.24, 2.45) is 5.92 Å². The van der Waals surface area contributed by atoms with E-state index in [-0.39, 0.29) is 63.8 Å². The van der Waals surface area contributed by atoms with Gasteiger partial charge in [-0.15, -0.1) is 0 Å². The Balaban J connectivity index is 1.57. The zero-order chi connectivity index (χ0) is 30.2. The molecule has 1 aromatic carbocycles. The van der Waals surface area contributed by atoms with E-state index in [2.05, 4.69) is 10.4 Å². The largest absolute Gasteiger partial charge is 0.434 e. The normalized spacial score (nSPS) is 22.5. The molecule has 0 unspecified atom stereocenters. The molecule has 228 valence electrons. The summed E-state index contributed by atoms with van der Waals surface area (Å²) in [5.74, 6) is -3.72. The first-order chi connectivity index (χ1) is 19.1. The lowest BCUT2D eigenvalue weighted by Gasteiger charge is -2.36. The lowest BCUT2D eigenvalue weighted by atomic mass is 9.78. The molecule has 2 saturated carbocycles. The maximum atomic E-state index is 13.7. The van der Waals surface area contributed by atoms with Crippen LogP contribution in [-0.2, 0) is 22.0 Å². The summed E-state index contributed by atoms with van der Waals surface area (Å²) in [6.45, 7) is -0.980. The molecule has 4 rings (SSSR count). The molecule has 0 bridgehead atoms. The van der Waals surface area contributed by atoms with Crippen LogP contribution in [0.15, 0.2) is 18.2 Å². The van der Waals surface area contributed by atoms with Gasteiger partial charge in [0.25, 0.3) is 5.91 Å². The predicted molar refractivity (Wildman–Crippen MR) is 145 cm³/mol. The second-order valence-electron chi connectivity index (χ2n) is 11.0. The van der Waals surface area contributed by atoms with E-state index in [4.69, 9.17) is 16.3 Å². The molecule has 2 N–H and O–H groups in total. The Kier molecular flexibility index (Phi) is 9.30. The van der Waals surface area contributed by atoms with Crippen molar-refractivity contribution in [3.8, 4) is 17.0 Å². The van der Waals surface area contributed by atoms with Crippen molar-refractivity contribution in [3.63, 3.8) is 0 Å². The van der Waals surface area contributed by atoms with E-state index in [1.165, 1.54) is 29.1 Å². The Hall–Kier alpha value is -2.38. The summed E-state index contributed by atoms with van der Waals surface area (Å²) in [5.41, 5.74) is -1.35. The lowest BCUT2D eigenvalue weighted by Crippen LogP contribution is -2.36. The highest BCUT2D eigenvalue weighted by Gasteiger charge is 2.43. The van der Waals surface area contributed by atoms with Crippen molar-refractivity contribution < 1.29 is 40.6 Å². The average molecular weight is 624 g/mol. The summed E-state index contributed by atoms with van der Waals surface area (Å²) in [5, 5.41) is 17.7. The Morgan fingerprint density at radius 2 is 1.83 bits per heavy atom. The number of aromatic nitrogens is 2. The van der Waals surface area contributed by atoms with Crippen LogP contribution in [0, 0.1) is 5.92 Å². The number of halogens is 5. The first kappa shape index (κ1) is 31.6. The Labute approximate surface area is 241 Å². The number of nitrogens with one attached hydrogen (secondary N) is 1. The van der Waals surface area contributed by atoms with Crippen LogP contribution in [0.25, 0.3) is 11.3 Å². The number of ether oxygens (including phenoxy) is 1. The van der Waals surface area contributed by atoms with Crippen LogP contribution in [0.3, 0.4) is 0 Å². The molecule has 0 aliphatic heterocycles. The standard InChI is InChI=1S/C27H34ClF4N3O5S/c1-3-35-23(21(28)22(34-35)24(36)33-15-16-4-7-18(8-5-16)41(2,38)39)19-9-6-17(14-20(19)40-25(29)30)26(37)10-12-27(31,32)13-11-26/h6,9,14,16,18,25,37H,3-5,7-8,10-13,15H2,1-2H3,(H,33,36). The van der Waals surface area contributed by atoms with Gasteiger partial charge in [0.15, 0.2) is 5.69 Å². The van der Waals surface area contributed by atoms with E-state index in [0.29, 0.717) is 32.2 Å². The van der Waals surface area contributed by atoms with Gasteiger partial charge in [0.05, 0.1) is 21.6 Å². The summed E-state index contributed by atoms with van der Waals surface area (Å²) in [4.78, 5) is 13.0. The van der Waals surface area contributed by atoms with Gasteiger partial charge in [-0.2, -0.15) is 13.9 Å². The first-order valence-corrected chi connectivity index (χ1v) is 15.9. The smallest absolute Gasteiger partial charge is 0.387 e. The van der Waals surface area contributed by atoms with Gasteiger partial charge in [-0.25, -0.2) is 17.2 Å². The number of rotatable bonds is 9. The number of aryl methyl sites for hydroxylation is 1. The molecule has 1 amide bonds. The summed E-state index contributed by atoms with van der Waals surface area (Å²) in [6, 6.07) is 4.04. The molecule has 0 radical (unpaired) electrons. The molecule has 14 heteroatoms. The summed E-state index contributed by atoms with van der Waals surface area (Å²) >= 11 is 6.60. The number of hydrogen-bond acceptors (Lipinski definition) is 6. The number of alkyl halides is 4. The fraction of sp³-hybridized carbons (Fsp3) is 0.630. The van der Waals surface area contributed by atoms with Crippen LogP contribution in [0.4, 0.5) is 17.6 Å². The van der Waals surface area contributed by atoms with Crippen molar-refractivity contribution in [1.82, 2.24) is 15.1 Å². The Bertz CT molecular complexity index is 1370. The van der Waals surface area contributed by atoms with E-state index in [1.807, 2.05) is 0 Å². The molecule has 0 saturated heterocycles. The van der Waals surface area contributed by atoms with Gasteiger partial charge in [0.2, 0.25) is 5.92 Å². The maximum Gasteiger partial charge on any atom is 0.387 e.